The van der Waals surface area contributed by atoms with Crippen LogP contribution in [0.3, 0.4) is 0 Å². The highest BCUT2D eigenvalue weighted by Gasteiger charge is 2.26. The lowest BCUT2D eigenvalue weighted by Gasteiger charge is -2.34. The maximum absolute atomic E-state index is 15.5. The standard InChI is InChI=1S/C35H43FN6O4SSi/c1-23-8-10-28(11-9-23)47(43,44)42-13-12-29-30(18-27(36)19-32(29)42)35-37-31(20-33(38-35)40-14-15-45-21-24(40)2)34-25(3)39-41(26(34)4)22-46-16-17-48(5,6)7/h8-13,18-20,24H,14-17,21-22H2,1-7H3/t24-/m1/s1. The second-order valence-electron chi connectivity index (χ2n) is 13.8. The monoisotopic (exact) mass is 690 g/mol. The summed E-state index contributed by atoms with van der Waals surface area (Å²) in [5, 5.41) is 5.31. The van der Waals surface area contributed by atoms with Gasteiger partial charge in [-0.05, 0) is 64.1 Å². The number of hydrogen-bond donors (Lipinski definition) is 0. The van der Waals surface area contributed by atoms with E-state index in [0.29, 0.717) is 55.6 Å². The highest BCUT2D eigenvalue weighted by Crippen LogP contribution is 2.35. The summed E-state index contributed by atoms with van der Waals surface area (Å²) in [6.45, 7) is 17.6. The van der Waals surface area contributed by atoms with Crippen molar-refractivity contribution in [2.45, 2.75) is 71.0 Å². The van der Waals surface area contributed by atoms with Crippen molar-refractivity contribution in [1.29, 1.82) is 0 Å². The van der Waals surface area contributed by atoms with Gasteiger partial charge in [0.1, 0.15) is 18.4 Å². The van der Waals surface area contributed by atoms with E-state index >= 15 is 4.39 Å². The van der Waals surface area contributed by atoms with Crippen LogP contribution in [0, 0.1) is 26.6 Å². The molecule has 0 saturated carbocycles. The smallest absolute Gasteiger partial charge is 0.268 e. The first-order valence-electron chi connectivity index (χ1n) is 16.2. The molecule has 1 aliphatic heterocycles. The third kappa shape index (κ3) is 6.82. The van der Waals surface area contributed by atoms with E-state index in [2.05, 4.69) is 31.5 Å². The molecule has 48 heavy (non-hydrogen) atoms. The van der Waals surface area contributed by atoms with E-state index in [9.17, 15) is 8.42 Å². The SMILES string of the molecule is Cc1ccc(S(=O)(=O)n2ccc3c(-c4nc(-c5c(C)nn(COCC[Si](C)(C)C)c5C)cc(N5CCOC[C@H]5C)n4)cc(F)cc32)cc1. The molecule has 0 spiro atoms. The number of halogens is 1. The third-order valence-electron chi connectivity index (χ3n) is 8.78. The summed E-state index contributed by atoms with van der Waals surface area (Å²) in [5.74, 6) is 0.365. The maximum atomic E-state index is 15.5. The van der Waals surface area contributed by atoms with Crippen molar-refractivity contribution in [3.63, 3.8) is 0 Å². The van der Waals surface area contributed by atoms with Gasteiger partial charge in [-0.25, -0.2) is 31.4 Å². The molecule has 1 fully saturated rings. The molecule has 0 aliphatic carbocycles. The number of aromatic nitrogens is 5. The molecule has 1 aliphatic rings. The van der Waals surface area contributed by atoms with Gasteiger partial charge < -0.3 is 14.4 Å². The van der Waals surface area contributed by atoms with E-state index in [1.807, 2.05) is 31.5 Å². The molecule has 254 valence electrons. The molecular weight excluding hydrogens is 648 g/mol. The van der Waals surface area contributed by atoms with E-state index in [-0.39, 0.29) is 22.3 Å². The van der Waals surface area contributed by atoms with Crippen LogP contribution >= 0.6 is 0 Å². The first-order valence-corrected chi connectivity index (χ1v) is 21.4. The molecule has 3 aromatic heterocycles. The number of morpholine rings is 1. The Hall–Kier alpha value is -3.91. The summed E-state index contributed by atoms with van der Waals surface area (Å²) in [5.41, 5.74) is 4.70. The predicted molar refractivity (Wildman–Crippen MR) is 189 cm³/mol. The Balaban J connectivity index is 1.47. The Morgan fingerprint density at radius 1 is 1.04 bits per heavy atom. The minimum absolute atomic E-state index is 0.0484. The van der Waals surface area contributed by atoms with Gasteiger partial charge in [-0.15, -0.1) is 0 Å². The van der Waals surface area contributed by atoms with Crippen LogP contribution < -0.4 is 4.90 Å². The van der Waals surface area contributed by atoms with Crippen LogP contribution in [0.5, 0.6) is 0 Å². The van der Waals surface area contributed by atoms with Crippen LogP contribution in [0.15, 0.2) is 59.6 Å². The van der Waals surface area contributed by atoms with E-state index in [1.54, 1.807) is 30.3 Å². The van der Waals surface area contributed by atoms with Crippen LogP contribution in [-0.4, -0.2) is 72.6 Å². The number of fused-ring (bicyclic) bond motifs is 1. The van der Waals surface area contributed by atoms with Crippen molar-refractivity contribution in [2.75, 3.05) is 31.3 Å². The Bertz CT molecular complexity index is 2070. The summed E-state index contributed by atoms with van der Waals surface area (Å²) in [7, 11) is -5.23. The predicted octanol–water partition coefficient (Wildman–Crippen LogP) is 6.80. The van der Waals surface area contributed by atoms with Gasteiger partial charge in [0.2, 0.25) is 0 Å². The number of hydrogen-bond acceptors (Lipinski definition) is 8. The number of aryl methyl sites for hydroxylation is 2. The molecule has 0 radical (unpaired) electrons. The highest BCUT2D eigenvalue weighted by atomic mass is 32.2. The summed E-state index contributed by atoms with van der Waals surface area (Å²) in [6, 6.07) is 13.9. The van der Waals surface area contributed by atoms with Gasteiger partial charge in [0, 0.05) is 55.7 Å². The van der Waals surface area contributed by atoms with E-state index in [0.717, 1.165) is 32.5 Å². The van der Waals surface area contributed by atoms with Crippen LogP contribution in [0.4, 0.5) is 10.2 Å². The van der Waals surface area contributed by atoms with Gasteiger partial charge in [0.15, 0.2) is 5.82 Å². The normalized spacial score (nSPS) is 15.8. The maximum Gasteiger partial charge on any atom is 0.268 e. The van der Waals surface area contributed by atoms with Gasteiger partial charge in [0.05, 0.1) is 41.1 Å². The zero-order chi connectivity index (χ0) is 34.4. The zero-order valence-electron chi connectivity index (χ0n) is 28.6. The van der Waals surface area contributed by atoms with Crippen molar-refractivity contribution < 1.29 is 22.3 Å². The van der Waals surface area contributed by atoms with Crippen LogP contribution in [-0.2, 0) is 26.2 Å². The molecule has 13 heteroatoms. The molecule has 10 nitrogen and oxygen atoms in total. The molecule has 0 unspecified atom stereocenters. The second-order valence-corrected chi connectivity index (χ2v) is 21.2. The summed E-state index contributed by atoms with van der Waals surface area (Å²) in [6.07, 6.45) is 1.46. The largest absolute Gasteiger partial charge is 0.377 e. The molecular formula is C35H43FN6O4SSi. The van der Waals surface area contributed by atoms with Crippen molar-refractivity contribution in [1.82, 2.24) is 23.7 Å². The fraction of sp³-hybridized carbons (Fsp3) is 0.400. The molecule has 4 heterocycles. The quantitative estimate of drug-likeness (QED) is 0.116. The van der Waals surface area contributed by atoms with Crippen LogP contribution in [0.1, 0.15) is 23.9 Å². The van der Waals surface area contributed by atoms with Crippen LogP contribution in [0.25, 0.3) is 33.5 Å². The molecule has 5 aromatic rings. The highest BCUT2D eigenvalue weighted by molar-refractivity contribution is 7.90. The molecule has 0 N–H and O–H groups in total. The molecule has 0 bridgehead atoms. The van der Waals surface area contributed by atoms with Gasteiger partial charge in [-0.1, -0.05) is 37.3 Å². The Kier molecular flexibility index (Phi) is 9.33. The number of anilines is 1. The lowest BCUT2D eigenvalue weighted by molar-refractivity contribution is 0.0770. The summed E-state index contributed by atoms with van der Waals surface area (Å²) < 4.78 is 57.6. The van der Waals surface area contributed by atoms with E-state index < -0.39 is 23.9 Å². The van der Waals surface area contributed by atoms with Gasteiger partial charge >= 0.3 is 0 Å². The summed E-state index contributed by atoms with van der Waals surface area (Å²) >= 11 is 0. The van der Waals surface area contributed by atoms with Gasteiger partial charge in [0.25, 0.3) is 10.0 Å². The molecule has 1 atom stereocenters. The van der Waals surface area contributed by atoms with Crippen molar-refractivity contribution in [3.8, 4) is 22.6 Å². The fourth-order valence-electron chi connectivity index (χ4n) is 6.02. The third-order valence-corrected chi connectivity index (χ3v) is 12.2. The van der Waals surface area contributed by atoms with Crippen molar-refractivity contribution >= 4 is 34.8 Å². The second kappa shape index (κ2) is 13.2. The number of rotatable bonds is 10. The first kappa shape index (κ1) is 34.0. The number of benzene rings is 2. The molecule has 0 amide bonds. The minimum atomic E-state index is -4.00. The first-order chi connectivity index (χ1) is 22.7. The van der Waals surface area contributed by atoms with Gasteiger partial charge in [-0.3, -0.25) is 0 Å². The fourth-order valence-corrected chi connectivity index (χ4v) is 8.12. The Morgan fingerprint density at radius 2 is 1.79 bits per heavy atom. The molecule has 1 saturated heterocycles. The van der Waals surface area contributed by atoms with Crippen molar-refractivity contribution in [2.24, 2.45) is 0 Å². The molecule has 2 aromatic carbocycles. The lowest BCUT2D eigenvalue weighted by atomic mass is 10.1. The number of ether oxygens (including phenoxy) is 2. The van der Waals surface area contributed by atoms with Crippen molar-refractivity contribution in [3.05, 3.63) is 77.5 Å². The molecule has 6 rings (SSSR count). The number of nitrogens with zero attached hydrogens (tertiary/aromatic N) is 6. The lowest BCUT2D eigenvalue weighted by Crippen LogP contribution is -2.44. The minimum Gasteiger partial charge on any atom is -0.377 e. The summed E-state index contributed by atoms with van der Waals surface area (Å²) in [4.78, 5) is 12.3. The average molecular weight is 691 g/mol. The zero-order valence-corrected chi connectivity index (χ0v) is 30.4. The van der Waals surface area contributed by atoms with E-state index in [1.165, 1.54) is 18.3 Å². The van der Waals surface area contributed by atoms with Crippen LogP contribution in [0.2, 0.25) is 25.7 Å². The Morgan fingerprint density at radius 3 is 2.50 bits per heavy atom. The van der Waals surface area contributed by atoms with E-state index in [4.69, 9.17) is 24.5 Å². The van der Waals surface area contributed by atoms with Gasteiger partial charge in [-0.2, -0.15) is 5.10 Å². The Labute approximate surface area is 282 Å². The topological polar surface area (TPSA) is 104 Å². The average Bonchev–Trinajstić information content (AvgIpc) is 3.58.